The summed E-state index contributed by atoms with van der Waals surface area (Å²) in [7, 11) is 0. The van der Waals surface area contributed by atoms with Crippen molar-refractivity contribution in [2.24, 2.45) is 4.99 Å². The standard InChI is InChI=1S/C27H25FN2O6S/c1-4-34-22(31)15-36-20-9-7-6-8-18(20)14-21-25(32)30-24(17-10-12-19(28)13-11-17)23(26(33)35-5-2)16(3)29-27(30)37-21/h6-14,24H,4-5,15H2,1-3H3/b21-14-/t24-/m1/s1. The van der Waals surface area contributed by atoms with Gasteiger partial charge in [0.1, 0.15) is 11.6 Å². The van der Waals surface area contributed by atoms with Crippen LogP contribution in [0.3, 0.4) is 0 Å². The number of esters is 2. The molecular formula is C27H25FN2O6S. The van der Waals surface area contributed by atoms with Crippen molar-refractivity contribution < 1.29 is 28.2 Å². The van der Waals surface area contributed by atoms with Crippen LogP contribution in [0.2, 0.25) is 0 Å². The van der Waals surface area contributed by atoms with Gasteiger partial charge >= 0.3 is 11.9 Å². The maximum Gasteiger partial charge on any atom is 0.344 e. The summed E-state index contributed by atoms with van der Waals surface area (Å²) in [6.07, 6.45) is 1.65. The second-order valence-corrected chi connectivity index (χ2v) is 8.99. The van der Waals surface area contributed by atoms with Gasteiger partial charge in [0.15, 0.2) is 11.4 Å². The van der Waals surface area contributed by atoms with Crippen LogP contribution >= 0.6 is 11.3 Å². The van der Waals surface area contributed by atoms with Gasteiger partial charge in [0.2, 0.25) is 0 Å². The Hall–Kier alpha value is -4.05. The molecule has 1 aliphatic heterocycles. The molecule has 4 rings (SSSR count). The first kappa shape index (κ1) is 26.0. The van der Waals surface area contributed by atoms with E-state index in [1.54, 1.807) is 51.1 Å². The van der Waals surface area contributed by atoms with E-state index in [0.29, 0.717) is 31.9 Å². The Morgan fingerprint density at radius 1 is 1.08 bits per heavy atom. The van der Waals surface area contributed by atoms with Crippen LogP contribution in [0.4, 0.5) is 4.39 Å². The maximum atomic E-state index is 13.7. The number of benzene rings is 2. The second kappa shape index (κ2) is 11.3. The number of rotatable bonds is 8. The summed E-state index contributed by atoms with van der Waals surface area (Å²) < 4.78 is 31.2. The molecule has 10 heteroatoms. The molecule has 0 unspecified atom stereocenters. The molecule has 0 radical (unpaired) electrons. The van der Waals surface area contributed by atoms with Crippen molar-refractivity contribution in [3.8, 4) is 5.75 Å². The SMILES string of the molecule is CCOC(=O)COc1ccccc1/C=c1\sc2n(c1=O)[C@H](c1ccc(F)cc1)C(C(=O)OCC)=C(C)N=2. The molecule has 0 saturated carbocycles. The highest BCUT2D eigenvalue weighted by molar-refractivity contribution is 7.07. The molecule has 0 bridgehead atoms. The zero-order valence-corrected chi connectivity index (χ0v) is 21.3. The zero-order chi connectivity index (χ0) is 26.5. The molecule has 2 heterocycles. The summed E-state index contributed by atoms with van der Waals surface area (Å²) in [5, 5.41) is 0. The quantitative estimate of drug-likeness (QED) is 0.421. The lowest BCUT2D eigenvalue weighted by Crippen LogP contribution is -2.39. The van der Waals surface area contributed by atoms with Crippen molar-refractivity contribution in [1.82, 2.24) is 4.57 Å². The van der Waals surface area contributed by atoms with Crippen molar-refractivity contribution in [3.05, 3.63) is 96.4 Å². The Morgan fingerprint density at radius 2 is 1.78 bits per heavy atom. The van der Waals surface area contributed by atoms with E-state index in [0.717, 1.165) is 11.3 Å². The van der Waals surface area contributed by atoms with E-state index in [1.165, 1.54) is 28.8 Å². The monoisotopic (exact) mass is 524 g/mol. The van der Waals surface area contributed by atoms with E-state index in [2.05, 4.69) is 4.99 Å². The Morgan fingerprint density at radius 3 is 2.49 bits per heavy atom. The summed E-state index contributed by atoms with van der Waals surface area (Å²) in [6, 6.07) is 11.8. The molecule has 0 amide bonds. The Balaban J connectivity index is 1.84. The van der Waals surface area contributed by atoms with Crippen LogP contribution in [0.5, 0.6) is 5.75 Å². The van der Waals surface area contributed by atoms with Crippen LogP contribution < -0.4 is 19.6 Å². The first-order chi connectivity index (χ1) is 17.8. The number of ether oxygens (including phenoxy) is 3. The fraction of sp³-hybridized carbons (Fsp3) is 0.259. The van der Waals surface area contributed by atoms with E-state index in [1.807, 2.05) is 0 Å². The first-order valence-electron chi connectivity index (χ1n) is 11.7. The van der Waals surface area contributed by atoms with Crippen molar-refractivity contribution in [1.29, 1.82) is 0 Å². The minimum atomic E-state index is -0.839. The summed E-state index contributed by atoms with van der Waals surface area (Å²) in [6.45, 7) is 5.20. The van der Waals surface area contributed by atoms with Gasteiger partial charge in [-0.2, -0.15) is 0 Å². The van der Waals surface area contributed by atoms with E-state index in [9.17, 15) is 18.8 Å². The molecule has 3 aromatic rings. The number of allylic oxidation sites excluding steroid dienone is 1. The molecule has 2 aromatic carbocycles. The highest BCUT2D eigenvalue weighted by Crippen LogP contribution is 2.30. The molecule has 192 valence electrons. The first-order valence-corrected chi connectivity index (χ1v) is 12.5. The number of hydrogen-bond acceptors (Lipinski definition) is 8. The van der Waals surface area contributed by atoms with Gasteiger partial charge in [0.05, 0.1) is 35.1 Å². The maximum absolute atomic E-state index is 13.7. The van der Waals surface area contributed by atoms with Crippen LogP contribution in [0.15, 0.2) is 69.6 Å². The third kappa shape index (κ3) is 5.54. The molecule has 0 aliphatic carbocycles. The fourth-order valence-corrected chi connectivity index (χ4v) is 5.00. The fourth-order valence-electron chi connectivity index (χ4n) is 3.96. The highest BCUT2D eigenvalue weighted by Gasteiger charge is 2.33. The van der Waals surface area contributed by atoms with Gasteiger partial charge in [-0.25, -0.2) is 19.0 Å². The number of carbonyl (C=O) groups is 2. The lowest BCUT2D eigenvalue weighted by atomic mass is 9.96. The van der Waals surface area contributed by atoms with Gasteiger partial charge < -0.3 is 14.2 Å². The van der Waals surface area contributed by atoms with E-state index >= 15 is 0 Å². The molecule has 0 fully saturated rings. The number of carbonyl (C=O) groups excluding carboxylic acids is 2. The predicted octanol–water partition coefficient (Wildman–Crippen LogP) is 2.88. The van der Waals surface area contributed by atoms with Crippen LogP contribution in [-0.4, -0.2) is 36.3 Å². The lowest BCUT2D eigenvalue weighted by Gasteiger charge is -2.24. The smallest absolute Gasteiger partial charge is 0.344 e. The van der Waals surface area contributed by atoms with Gasteiger partial charge in [0, 0.05) is 5.56 Å². The van der Waals surface area contributed by atoms with Crippen LogP contribution in [-0.2, 0) is 19.1 Å². The molecule has 1 atom stereocenters. The molecular weight excluding hydrogens is 499 g/mol. The number of hydrogen-bond donors (Lipinski definition) is 0. The molecule has 8 nitrogen and oxygen atoms in total. The van der Waals surface area contributed by atoms with E-state index in [4.69, 9.17) is 14.2 Å². The van der Waals surface area contributed by atoms with Gasteiger partial charge in [-0.05, 0) is 50.6 Å². The number of nitrogens with zero attached hydrogens (tertiary/aromatic N) is 2. The number of aromatic nitrogens is 1. The number of para-hydroxylation sites is 1. The summed E-state index contributed by atoms with van der Waals surface area (Å²) in [5.41, 5.74) is 1.37. The van der Waals surface area contributed by atoms with Crippen LogP contribution in [0, 0.1) is 5.82 Å². The largest absolute Gasteiger partial charge is 0.481 e. The average molecular weight is 525 g/mol. The van der Waals surface area contributed by atoms with E-state index < -0.39 is 23.8 Å². The number of thiazole rings is 1. The molecule has 1 aromatic heterocycles. The average Bonchev–Trinajstić information content (AvgIpc) is 3.17. The number of halogens is 1. The van der Waals surface area contributed by atoms with Crippen molar-refractivity contribution in [2.75, 3.05) is 19.8 Å². The molecule has 0 N–H and O–H groups in total. The summed E-state index contributed by atoms with van der Waals surface area (Å²) >= 11 is 1.15. The molecule has 0 spiro atoms. The minimum Gasteiger partial charge on any atom is -0.481 e. The summed E-state index contributed by atoms with van der Waals surface area (Å²) in [5.74, 6) is -1.13. The van der Waals surface area contributed by atoms with Crippen molar-refractivity contribution in [2.45, 2.75) is 26.8 Å². The Kier molecular flexibility index (Phi) is 7.98. The van der Waals surface area contributed by atoms with Crippen LogP contribution in [0.25, 0.3) is 6.08 Å². The normalized spacial score (nSPS) is 15.1. The predicted molar refractivity (Wildman–Crippen MR) is 135 cm³/mol. The second-order valence-electron chi connectivity index (χ2n) is 7.99. The molecule has 1 aliphatic rings. The topological polar surface area (TPSA) is 96.2 Å². The summed E-state index contributed by atoms with van der Waals surface area (Å²) in [4.78, 5) is 43.2. The highest BCUT2D eigenvalue weighted by atomic mass is 32.1. The minimum absolute atomic E-state index is 0.152. The number of fused-ring (bicyclic) bond motifs is 1. The third-order valence-electron chi connectivity index (χ3n) is 5.56. The third-order valence-corrected chi connectivity index (χ3v) is 6.54. The van der Waals surface area contributed by atoms with Gasteiger partial charge in [-0.1, -0.05) is 41.7 Å². The molecule has 37 heavy (non-hydrogen) atoms. The van der Waals surface area contributed by atoms with Crippen LogP contribution in [0.1, 0.15) is 37.9 Å². The lowest BCUT2D eigenvalue weighted by molar-refractivity contribution is -0.145. The van der Waals surface area contributed by atoms with Gasteiger partial charge in [0.25, 0.3) is 5.56 Å². The van der Waals surface area contributed by atoms with Gasteiger partial charge in [-0.3, -0.25) is 9.36 Å². The molecule has 0 saturated heterocycles. The Bertz CT molecular complexity index is 1540. The van der Waals surface area contributed by atoms with Crippen molar-refractivity contribution in [3.63, 3.8) is 0 Å². The Labute approximate surface area is 215 Å². The van der Waals surface area contributed by atoms with E-state index in [-0.39, 0.29) is 31.0 Å². The van der Waals surface area contributed by atoms with Crippen molar-refractivity contribution >= 4 is 29.4 Å². The van der Waals surface area contributed by atoms with Gasteiger partial charge in [-0.15, -0.1) is 0 Å². The zero-order valence-electron chi connectivity index (χ0n) is 20.5.